The van der Waals surface area contributed by atoms with Crippen molar-refractivity contribution in [1.29, 1.82) is 0 Å². The second kappa shape index (κ2) is 7.23. The minimum absolute atomic E-state index is 0.0630. The van der Waals surface area contributed by atoms with Crippen LogP contribution >= 0.6 is 0 Å². The number of nitrogens with two attached hydrogens (primary N) is 1. The third-order valence-corrected chi connectivity index (χ3v) is 2.51. The minimum Gasteiger partial charge on any atom is -0.497 e. The Kier molecular flexibility index (Phi) is 5.59. The van der Waals surface area contributed by atoms with Gasteiger partial charge in [0.2, 0.25) is 5.91 Å². The van der Waals surface area contributed by atoms with E-state index in [-0.39, 0.29) is 5.91 Å². The lowest BCUT2D eigenvalue weighted by molar-refractivity contribution is -0.116. The first-order valence-electron chi connectivity index (χ1n) is 5.84. The van der Waals surface area contributed by atoms with Gasteiger partial charge in [0.1, 0.15) is 5.75 Å². The first-order chi connectivity index (χ1) is 8.67. The zero-order valence-corrected chi connectivity index (χ0v) is 10.5. The van der Waals surface area contributed by atoms with Crippen LogP contribution in [0.15, 0.2) is 18.2 Å². The van der Waals surface area contributed by atoms with E-state index >= 15 is 0 Å². The number of hydrogen-bond donors (Lipinski definition) is 2. The number of nitrogen functional groups attached to an aromatic ring is 1. The molecule has 0 saturated carbocycles. The molecule has 0 fully saturated rings. The van der Waals surface area contributed by atoms with E-state index < -0.39 is 0 Å². The standard InChI is InChI=1S/C14H18N2O2/c1-3-4-5-6-7-14(17)16-13-10-11(18-2)8-9-12(13)15/h1,8-10H,4-7,15H2,2H3,(H,16,17). The number of carbonyl (C=O) groups excluding carboxylic acids is 1. The van der Waals surface area contributed by atoms with Gasteiger partial charge in [0, 0.05) is 18.9 Å². The average molecular weight is 246 g/mol. The van der Waals surface area contributed by atoms with E-state index in [4.69, 9.17) is 16.9 Å². The van der Waals surface area contributed by atoms with Gasteiger partial charge in [-0.1, -0.05) is 0 Å². The number of amides is 1. The molecule has 0 spiro atoms. The van der Waals surface area contributed by atoms with Crippen molar-refractivity contribution in [2.75, 3.05) is 18.2 Å². The molecule has 0 aliphatic carbocycles. The van der Waals surface area contributed by atoms with Crippen LogP contribution in [0.2, 0.25) is 0 Å². The summed E-state index contributed by atoms with van der Waals surface area (Å²) < 4.78 is 5.08. The Bertz CT molecular complexity index is 450. The van der Waals surface area contributed by atoms with Crippen LogP contribution in [0.1, 0.15) is 25.7 Å². The van der Waals surface area contributed by atoms with Crippen molar-refractivity contribution in [2.24, 2.45) is 0 Å². The molecule has 0 atom stereocenters. The maximum atomic E-state index is 11.7. The molecule has 4 nitrogen and oxygen atoms in total. The zero-order chi connectivity index (χ0) is 13.4. The van der Waals surface area contributed by atoms with Gasteiger partial charge in [-0.25, -0.2) is 0 Å². The lowest BCUT2D eigenvalue weighted by atomic mass is 10.2. The summed E-state index contributed by atoms with van der Waals surface area (Å²) in [4.78, 5) is 11.7. The monoisotopic (exact) mass is 246 g/mol. The molecule has 1 rings (SSSR count). The summed E-state index contributed by atoms with van der Waals surface area (Å²) in [7, 11) is 1.57. The first-order valence-corrected chi connectivity index (χ1v) is 5.84. The molecule has 4 heteroatoms. The van der Waals surface area contributed by atoms with E-state index in [2.05, 4.69) is 11.2 Å². The summed E-state index contributed by atoms with van der Waals surface area (Å²) in [5.41, 5.74) is 6.87. The van der Waals surface area contributed by atoms with Gasteiger partial charge in [-0.05, 0) is 25.0 Å². The number of carbonyl (C=O) groups is 1. The van der Waals surface area contributed by atoms with Gasteiger partial charge in [0.05, 0.1) is 18.5 Å². The summed E-state index contributed by atoms with van der Waals surface area (Å²) in [5, 5.41) is 2.77. The number of nitrogens with one attached hydrogen (secondary N) is 1. The Balaban J connectivity index is 2.51. The molecule has 18 heavy (non-hydrogen) atoms. The second-order valence-electron chi connectivity index (χ2n) is 3.91. The van der Waals surface area contributed by atoms with Gasteiger partial charge in [-0.2, -0.15) is 0 Å². The fourth-order valence-electron chi connectivity index (χ4n) is 1.50. The Morgan fingerprint density at radius 3 is 2.94 bits per heavy atom. The van der Waals surface area contributed by atoms with Gasteiger partial charge in [0.25, 0.3) is 0 Å². The number of rotatable bonds is 6. The van der Waals surface area contributed by atoms with Gasteiger partial charge < -0.3 is 15.8 Å². The molecule has 96 valence electrons. The van der Waals surface area contributed by atoms with Crippen molar-refractivity contribution < 1.29 is 9.53 Å². The predicted molar refractivity (Wildman–Crippen MR) is 73.3 cm³/mol. The third kappa shape index (κ3) is 4.38. The number of hydrogen-bond acceptors (Lipinski definition) is 3. The molecule has 1 aromatic carbocycles. The lowest BCUT2D eigenvalue weighted by Gasteiger charge is -2.09. The van der Waals surface area contributed by atoms with Crippen LogP contribution in [0, 0.1) is 12.3 Å². The first kappa shape index (κ1) is 13.9. The molecule has 0 aliphatic heterocycles. The van der Waals surface area contributed by atoms with Crippen LogP contribution in [0.5, 0.6) is 5.75 Å². The van der Waals surface area contributed by atoms with E-state index in [0.717, 1.165) is 12.8 Å². The molecule has 0 aliphatic rings. The fraction of sp³-hybridized carbons (Fsp3) is 0.357. The maximum absolute atomic E-state index is 11.7. The van der Waals surface area contributed by atoms with Crippen molar-refractivity contribution in [1.82, 2.24) is 0 Å². The highest BCUT2D eigenvalue weighted by molar-refractivity contribution is 5.94. The molecule has 0 unspecified atom stereocenters. The molecule has 0 saturated heterocycles. The van der Waals surface area contributed by atoms with Gasteiger partial charge in [0.15, 0.2) is 0 Å². The maximum Gasteiger partial charge on any atom is 0.224 e. The highest BCUT2D eigenvalue weighted by Gasteiger charge is 2.06. The van der Waals surface area contributed by atoms with E-state index in [1.807, 2.05) is 0 Å². The fourth-order valence-corrected chi connectivity index (χ4v) is 1.50. The summed E-state index contributed by atoms with van der Waals surface area (Å²) >= 11 is 0. The van der Waals surface area contributed by atoms with Crippen molar-refractivity contribution >= 4 is 17.3 Å². The Labute approximate surface area is 108 Å². The topological polar surface area (TPSA) is 64.3 Å². The van der Waals surface area contributed by atoms with Crippen molar-refractivity contribution in [2.45, 2.75) is 25.7 Å². The molecule has 0 radical (unpaired) electrons. The number of ether oxygens (including phenoxy) is 1. The lowest BCUT2D eigenvalue weighted by Crippen LogP contribution is -2.12. The van der Waals surface area contributed by atoms with Crippen LogP contribution in [-0.4, -0.2) is 13.0 Å². The number of methoxy groups -OCH3 is 1. The van der Waals surface area contributed by atoms with Crippen LogP contribution in [0.3, 0.4) is 0 Å². The minimum atomic E-state index is -0.0630. The highest BCUT2D eigenvalue weighted by atomic mass is 16.5. The normalized spacial score (nSPS) is 9.56. The number of anilines is 2. The molecule has 3 N–H and O–H groups in total. The van der Waals surface area contributed by atoms with Gasteiger partial charge in [-0.15, -0.1) is 12.3 Å². The Morgan fingerprint density at radius 1 is 1.50 bits per heavy atom. The van der Waals surface area contributed by atoms with Crippen LogP contribution in [0.25, 0.3) is 0 Å². The van der Waals surface area contributed by atoms with Gasteiger partial charge >= 0.3 is 0 Å². The Hall–Kier alpha value is -2.15. The summed E-state index contributed by atoms with van der Waals surface area (Å²) in [6, 6.07) is 5.15. The van der Waals surface area contributed by atoms with E-state index in [1.165, 1.54) is 0 Å². The van der Waals surface area contributed by atoms with Crippen LogP contribution in [0.4, 0.5) is 11.4 Å². The Morgan fingerprint density at radius 2 is 2.28 bits per heavy atom. The predicted octanol–water partition coefficient (Wildman–Crippen LogP) is 2.41. The van der Waals surface area contributed by atoms with Crippen molar-refractivity contribution in [3.8, 4) is 18.1 Å². The molecular weight excluding hydrogens is 228 g/mol. The zero-order valence-electron chi connectivity index (χ0n) is 10.5. The van der Waals surface area contributed by atoms with E-state index in [9.17, 15) is 4.79 Å². The molecule has 1 aromatic rings. The van der Waals surface area contributed by atoms with Crippen LogP contribution < -0.4 is 15.8 Å². The molecule has 1 amide bonds. The average Bonchev–Trinajstić information content (AvgIpc) is 2.37. The quantitative estimate of drug-likeness (QED) is 0.460. The number of unbranched alkanes of at least 4 members (excludes halogenated alkanes) is 2. The van der Waals surface area contributed by atoms with Crippen LogP contribution in [-0.2, 0) is 4.79 Å². The summed E-state index contributed by atoms with van der Waals surface area (Å²) in [6.45, 7) is 0. The number of benzene rings is 1. The number of terminal acetylenes is 1. The SMILES string of the molecule is C#CCCCCC(=O)Nc1cc(OC)ccc1N. The van der Waals surface area contributed by atoms with E-state index in [0.29, 0.717) is 30.0 Å². The van der Waals surface area contributed by atoms with Crippen molar-refractivity contribution in [3.05, 3.63) is 18.2 Å². The summed E-state index contributed by atoms with van der Waals surface area (Å²) in [6.07, 6.45) is 7.92. The van der Waals surface area contributed by atoms with E-state index in [1.54, 1.807) is 25.3 Å². The second-order valence-corrected chi connectivity index (χ2v) is 3.91. The molecule has 0 bridgehead atoms. The highest BCUT2D eigenvalue weighted by Crippen LogP contribution is 2.24. The van der Waals surface area contributed by atoms with Gasteiger partial charge in [-0.3, -0.25) is 4.79 Å². The third-order valence-electron chi connectivity index (χ3n) is 2.51. The molecule has 0 aromatic heterocycles. The molecule has 0 heterocycles. The summed E-state index contributed by atoms with van der Waals surface area (Å²) in [5.74, 6) is 3.14. The molecular formula is C14H18N2O2. The largest absolute Gasteiger partial charge is 0.497 e. The smallest absolute Gasteiger partial charge is 0.224 e. The van der Waals surface area contributed by atoms with Crippen molar-refractivity contribution in [3.63, 3.8) is 0 Å².